The molecule has 1 rings (SSSR count). The molecule has 18 heavy (non-hydrogen) atoms. The maximum absolute atomic E-state index is 10.9. The summed E-state index contributed by atoms with van der Waals surface area (Å²) in [4.78, 5) is 23.6. The summed E-state index contributed by atoms with van der Waals surface area (Å²) in [5.74, 6) is 0.325. The second kappa shape index (κ2) is 6.76. The minimum Gasteiger partial charge on any atom is -0.496 e. The number of hydrogen-bond donors (Lipinski definition) is 1. The van der Waals surface area contributed by atoms with E-state index in [1.54, 1.807) is 25.3 Å². The van der Waals surface area contributed by atoms with Gasteiger partial charge in [-0.25, -0.2) is 0 Å². The number of rotatable bonds is 7. The lowest BCUT2D eigenvalue weighted by Crippen LogP contribution is -2.33. The van der Waals surface area contributed by atoms with E-state index in [0.717, 1.165) is 11.8 Å². The molecule has 0 aromatic heterocycles. The van der Waals surface area contributed by atoms with Crippen LogP contribution in [0.1, 0.15) is 22.8 Å². The molecule has 0 saturated heterocycles. The van der Waals surface area contributed by atoms with Gasteiger partial charge in [-0.15, -0.1) is 0 Å². The molecule has 5 nitrogen and oxygen atoms in total. The summed E-state index contributed by atoms with van der Waals surface area (Å²) in [7, 11) is 1.57. The first-order chi connectivity index (χ1) is 8.60. The maximum atomic E-state index is 10.9. The highest BCUT2D eigenvalue weighted by molar-refractivity contribution is 5.76. The monoisotopic (exact) mass is 250 g/mol. The fourth-order valence-corrected chi connectivity index (χ4v) is 1.74. The van der Waals surface area contributed by atoms with Crippen LogP contribution < -0.4 is 10.5 Å². The molecule has 1 amide bonds. The third-order valence-electron chi connectivity index (χ3n) is 2.66. The standard InChI is InChI=1S/C13H18N2O3/c1-3-15(8-13(14)17)7-11-6-10(9-16)4-5-12(11)18-2/h4-6,9H,3,7-8H2,1-2H3,(H2,14,17). The second-order valence-corrected chi connectivity index (χ2v) is 3.96. The summed E-state index contributed by atoms with van der Waals surface area (Å²) in [6, 6.07) is 5.20. The van der Waals surface area contributed by atoms with Gasteiger partial charge in [0.05, 0.1) is 13.7 Å². The Morgan fingerprint density at radius 2 is 2.22 bits per heavy atom. The van der Waals surface area contributed by atoms with Crippen LogP contribution in [0.2, 0.25) is 0 Å². The molecule has 1 aromatic rings. The third kappa shape index (κ3) is 3.85. The van der Waals surface area contributed by atoms with E-state index in [2.05, 4.69) is 0 Å². The number of carbonyl (C=O) groups excluding carboxylic acids is 2. The highest BCUT2D eigenvalue weighted by Gasteiger charge is 2.11. The van der Waals surface area contributed by atoms with Crippen LogP contribution in [-0.2, 0) is 11.3 Å². The number of nitrogens with zero attached hydrogens (tertiary/aromatic N) is 1. The number of methoxy groups -OCH3 is 1. The number of likely N-dealkylation sites (N-methyl/N-ethyl adjacent to an activating group) is 1. The van der Waals surface area contributed by atoms with Gasteiger partial charge >= 0.3 is 0 Å². The Bertz CT molecular complexity index is 432. The van der Waals surface area contributed by atoms with Crippen molar-refractivity contribution < 1.29 is 14.3 Å². The van der Waals surface area contributed by atoms with E-state index in [1.165, 1.54) is 0 Å². The fourth-order valence-electron chi connectivity index (χ4n) is 1.74. The third-order valence-corrected chi connectivity index (χ3v) is 2.66. The van der Waals surface area contributed by atoms with Gasteiger partial charge in [-0.2, -0.15) is 0 Å². The van der Waals surface area contributed by atoms with Crippen molar-refractivity contribution in [2.24, 2.45) is 5.73 Å². The molecule has 5 heteroatoms. The minimum atomic E-state index is -0.373. The average Bonchev–Trinajstić information content (AvgIpc) is 2.37. The number of nitrogens with two attached hydrogens (primary N) is 1. The predicted molar refractivity (Wildman–Crippen MR) is 68.5 cm³/mol. The van der Waals surface area contributed by atoms with Crippen LogP contribution in [0, 0.1) is 0 Å². The molecule has 0 radical (unpaired) electrons. The van der Waals surface area contributed by atoms with Crippen molar-refractivity contribution in [3.8, 4) is 5.75 Å². The van der Waals surface area contributed by atoms with Crippen LogP contribution in [0.5, 0.6) is 5.75 Å². The van der Waals surface area contributed by atoms with Gasteiger partial charge in [0, 0.05) is 17.7 Å². The van der Waals surface area contributed by atoms with Crippen LogP contribution in [0.4, 0.5) is 0 Å². The lowest BCUT2D eigenvalue weighted by atomic mass is 10.1. The van der Waals surface area contributed by atoms with E-state index in [-0.39, 0.29) is 12.5 Å². The molecule has 0 spiro atoms. The van der Waals surface area contributed by atoms with Crippen LogP contribution in [0.25, 0.3) is 0 Å². The maximum Gasteiger partial charge on any atom is 0.231 e. The quantitative estimate of drug-likeness (QED) is 0.727. The Morgan fingerprint density at radius 1 is 1.50 bits per heavy atom. The highest BCUT2D eigenvalue weighted by atomic mass is 16.5. The van der Waals surface area contributed by atoms with Gasteiger partial charge in [0.25, 0.3) is 0 Å². The number of aldehydes is 1. The number of hydrogen-bond acceptors (Lipinski definition) is 4. The number of ether oxygens (including phenoxy) is 1. The SMILES string of the molecule is CCN(CC(N)=O)Cc1cc(C=O)ccc1OC. The molecule has 0 bridgehead atoms. The smallest absolute Gasteiger partial charge is 0.231 e. The zero-order chi connectivity index (χ0) is 13.5. The molecule has 0 unspecified atom stereocenters. The van der Waals surface area contributed by atoms with Gasteiger partial charge in [-0.05, 0) is 24.7 Å². The topological polar surface area (TPSA) is 72.6 Å². The largest absolute Gasteiger partial charge is 0.496 e. The summed E-state index contributed by atoms with van der Waals surface area (Å²) < 4.78 is 5.24. The Hall–Kier alpha value is -1.88. The predicted octanol–water partition coefficient (Wildman–Crippen LogP) is 0.815. The number of amides is 1. The zero-order valence-electron chi connectivity index (χ0n) is 10.7. The average molecular weight is 250 g/mol. The summed E-state index contributed by atoms with van der Waals surface area (Å²) in [6.07, 6.45) is 0.785. The summed E-state index contributed by atoms with van der Waals surface area (Å²) in [5, 5.41) is 0. The van der Waals surface area contributed by atoms with E-state index in [9.17, 15) is 9.59 Å². The lowest BCUT2D eigenvalue weighted by Gasteiger charge is -2.20. The van der Waals surface area contributed by atoms with Crippen LogP contribution in [-0.4, -0.2) is 37.3 Å². The Balaban J connectivity index is 2.92. The van der Waals surface area contributed by atoms with Crippen molar-refractivity contribution in [1.82, 2.24) is 4.90 Å². The molecular formula is C13H18N2O3. The molecule has 0 saturated carbocycles. The van der Waals surface area contributed by atoms with Gasteiger partial charge in [-0.1, -0.05) is 6.92 Å². The van der Waals surface area contributed by atoms with Crippen LogP contribution in [0.15, 0.2) is 18.2 Å². The van der Waals surface area contributed by atoms with E-state index >= 15 is 0 Å². The highest BCUT2D eigenvalue weighted by Crippen LogP contribution is 2.20. The first-order valence-electron chi connectivity index (χ1n) is 5.73. The van der Waals surface area contributed by atoms with Crippen molar-refractivity contribution in [3.63, 3.8) is 0 Å². The molecule has 0 aliphatic heterocycles. The summed E-state index contributed by atoms with van der Waals surface area (Å²) in [6.45, 7) is 3.34. The number of benzene rings is 1. The van der Waals surface area contributed by atoms with E-state index < -0.39 is 0 Å². The zero-order valence-corrected chi connectivity index (χ0v) is 10.7. The molecule has 2 N–H and O–H groups in total. The fraction of sp³-hybridized carbons (Fsp3) is 0.385. The summed E-state index contributed by atoms with van der Waals surface area (Å²) >= 11 is 0. The van der Waals surface area contributed by atoms with Crippen molar-refractivity contribution in [2.75, 3.05) is 20.2 Å². The van der Waals surface area contributed by atoms with Crippen LogP contribution >= 0.6 is 0 Å². The van der Waals surface area contributed by atoms with Gasteiger partial charge in [-0.3, -0.25) is 14.5 Å². The van der Waals surface area contributed by atoms with Crippen LogP contribution in [0.3, 0.4) is 0 Å². The second-order valence-electron chi connectivity index (χ2n) is 3.96. The van der Waals surface area contributed by atoms with E-state index in [4.69, 9.17) is 10.5 Å². The number of carbonyl (C=O) groups is 2. The molecular weight excluding hydrogens is 232 g/mol. The van der Waals surface area contributed by atoms with E-state index in [0.29, 0.717) is 24.4 Å². The van der Waals surface area contributed by atoms with Crippen molar-refractivity contribution in [2.45, 2.75) is 13.5 Å². The molecule has 0 heterocycles. The Labute approximate surface area is 107 Å². The van der Waals surface area contributed by atoms with Gasteiger partial charge in [0.1, 0.15) is 12.0 Å². The first kappa shape index (κ1) is 14.2. The normalized spacial score (nSPS) is 10.4. The van der Waals surface area contributed by atoms with Crippen molar-refractivity contribution in [1.29, 1.82) is 0 Å². The number of primary amides is 1. The van der Waals surface area contributed by atoms with Crippen molar-refractivity contribution >= 4 is 12.2 Å². The van der Waals surface area contributed by atoms with E-state index in [1.807, 2.05) is 11.8 Å². The Morgan fingerprint density at radius 3 is 2.72 bits per heavy atom. The lowest BCUT2D eigenvalue weighted by molar-refractivity contribution is -0.119. The molecule has 0 atom stereocenters. The molecule has 0 fully saturated rings. The molecule has 1 aromatic carbocycles. The van der Waals surface area contributed by atoms with Crippen molar-refractivity contribution in [3.05, 3.63) is 29.3 Å². The Kier molecular flexibility index (Phi) is 5.32. The molecule has 98 valence electrons. The molecule has 0 aliphatic rings. The first-order valence-corrected chi connectivity index (χ1v) is 5.73. The van der Waals surface area contributed by atoms with Gasteiger partial charge < -0.3 is 10.5 Å². The summed E-state index contributed by atoms with van der Waals surface area (Å²) in [5.41, 5.74) is 6.63. The molecule has 0 aliphatic carbocycles. The minimum absolute atomic E-state index is 0.185. The van der Waals surface area contributed by atoms with Gasteiger partial charge in [0.2, 0.25) is 5.91 Å². The van der Waals surface area contributed by atoms with Gasteiger partial charge in [0.15, 0.2) is 0 Å².